The minimum Gasteiger partial charge on any atom is -0.454 e. The zero-order valence-electron chi connectivity index (χ0n) is 11.3. The molecule has 1 N–H and O–H groups in total. The van der Waals surface area contributed by atoms with E-state index in [9.17, 15) is 9.59 Å². The second kappa shape index (κ2) is 6.49. The number of carbonyl (C=O) groups is 2. The molecule has 0 bridgehead atoms. The summed E-state index contributed by atoms with van der Waals surface area (Å²) in [6, 6.07) is 2.87. The maximum absolute atomic E-state index is 12.0. The van der Waals surface area contributed by atoms with Crippen molar-refractivity contribution < 1.29 is 23.8 Å². The van der Waals surface area contributed by atoms with E-state index in [-0.39, 0.29) is 17.4 Å². The van der Waals surface area contributed by atoms with Gasteiger partial charge in [0.2, 0.25) is 6.79 Å². The van der Waals surface area contributed by atoms with Gasteiger partial charge in [-0.3, -0.25) is 4.79 Å². The highest BCUT2D eigenvalue weighted by Gasteiger charge is 2.23. The van der Waals surface area contributed by atoms with Crippen LogP contribution in [0.15, 0.2) is 24.8 Å². The number of amides is 1. The Hall–Kier alpha value is -2.21. The molecule has 0 unspecified atom stereocenters. The third kappa shape index (κ3) is 3.46. The summed E-state index contributed by atoms with van der Waals surface area (Å²) >= 11 is 5.98. The predicted molar refractivity (Wildman–Crippen MR) is 75.7 cm³/mol. The second-order valence-corrected chi connectivity index (χ2v) is 4.68. The number of fused-ring (bicyclic) bond motifs is 1. The molecule has 1 aromatic rings. The molecule has 0 radical (unpaired) electrons. The van der Waals surface area contributed by atoms with Crippen LogP contribution in [-0.2, 0) is 9.53 Å². The first-order valence-corrected chi connectivity index (χ1v) is 6.59. The number of esters is 1. The molecule has 1 aliphatic rings. The van der Waals surface area contributed by atoms with Gasteiger partial charge >= 0.3 is 5.97 Å². The minimum atomic E-state index is -0.929. The fourth-order valence-corrected chi connectivity index (χ4v) is 1.95. The molecule has 1 heterocycles. The SMILES string of the molecule is C=CCNC(=O)[C@H](C)OC(=O)c1cc(Cl)c2c(c1)OCO2. The van der Waals surface area contributed by atoms with E-state index in [1.165, 1.54) is 25.1 Å². The first kappa shape index (κ1) is 15.2. The predicted octanol–water partition coefficient (Wildman–Crippen LogP) is 1.92. The molecule has 21 heavy (non-hydrogen) atoms. The van der Waals surface area contributed by atoms with E-state index in [1.54, 1.807) is 0 Å². The lowest BCUT2D eigenvalue weighted by molar-refractivity contribution is -0.128. The summed E-state index contributed by atoms with van der Waals surface area (Å²) in [4.78, 5) is 23.6. The third-order valence-electron chi connectivity index (χ3n) is 2.74. The van der Waals surface area contributed by atoms with Crippen molar-refractivity contribution in [1.29, 1.82) is 0 Å². The molecule has 2 rings (SSSR count). The number of benzene rings is 1. The molecule has 0 saturated heterocycles. The lowest BCUT2D eigenvalue weighted by Gasteiger charge is -2.13. The number of nitrogens with one attached hydrogen (secondary N) is 1. The quantitative estimate of drug-likeness (QED) is 0.664. The van der Waals surface area contributed by atoms with E-state index in [2.05, 4.69) is 11.9 Å². The summed E-state index contributed by atoms with van der Waals surface area (Å²) in [5.41, 5.74) is 0.188. The van der Waals surface area contributed by atoms with Crippen LogP contribution >= 0.6 is 11.6 Å². The first-order chi connectivity index (χ1) is 10.0. The zero-order chi connectivity index (χ0) is 15.4. The van der Waals surface area contributed by atoms with Crippen molar-refractivity contribution in [2.75, 3.05) is 13.3 Å². The lowest BCUT2D eigenvalue weighted by Crippen LogP contribution is -2.35. The topological polar surface area (TPSA) is 73.9 Å². The second-order valence-electron chi connectivity index (χ2n) is 4.27. The van der Waals surface area contributed by atoms with Crippen LogP contribution in [0, 0.1) is 0 Å². The molecule has 0 aromatic heterocycles. The highest BCUT2D eigenvalue weighted by Crippen LogP contribution is 2.39. The molecule has 112 valence electrons. The summed E-state index contributed by atoms with van der Waals surface area (Å²) in [5.74, 6) is -0.310. The number of hydrogen-bond acceptors (Lipinski definition) is 5. The van der Waals surface area contributed by atoms with Gasteiger partial charge in [0, 0.05) is 6.54 Å². The van der Waals surface area contributed by atoms with Crippen LogP contribution in [0.3, 0.4) is 0 Å². The van der Waals surface area contributed by atoms with Crippen molar-refractivity contribution in [3.63, 3.8) is 0 Å². The van der Waals surface area contributed by atoms with E-state index < -0.39 is 18.0 Å². The summed E-state index contributed by atoms with van der Waals surface area (Å²) in [6.07, 6.45) is 0.603. The van der Waals surface area contributed by atoms with Gasteiger partial charge in [-0.15, -0.1) is 6.58 Å². The monoisotopic (exact) mass is 311 g/mol. The average Bonchev–Trinajstić information content (AvgIpc) is 2.93. The van der Waals surface area contributed by atoms with E-state index in [0.29, 0.717) is 18.0 Å². The average molecular weight is 312 g/mol. The molecule has 1 aromatic carbocycles. The molecule has 6 nitrogen and oxygen atoms in total. The summed E-state index contributed by atoms with van der Waals surface area (Å²) < 4.78 is 15.4. The van der Waals surface area contributed by atoms with Crippen molar-refractivity contribution >= 4 is 23.5 Å². The number of carbonyl (C=O) groups excluding carboxylic acids is 2. The summed E-state index contributed by atoms with van der Waals surface area (Å²) in [6.45, 7) is 5.31. The molecule has 0 fully saturated rings. The third-order valence-corrected chi connectivity index (χ3v) is 3.02. The number of rotatable bonds is 5. The van der Waals surface area contributed by atoms with Gasteiger partial charge in [-0.25, -0.2) is 4.79 Å². The molecule has 7 heteroatoms. The van der Waals surface area contributed by atoms with Crippen LogP contribution < -0.4 is 14.8 Å². The maximum atomic E-state index is 12.0. The van der Waals surface area contributed by atoms with E-state index in [4.69, 9.17) is 25.8 Å². The van der Waals surface area contributed by atoms with Crippen molar-refractivity contribution in [2.24, 2.45) is 0 Å². The standard InChI is InChI=1S/C14H14ClNO5/c1-3-4-16-13(17)8(2)21-14(18)9-5-10(15)12-11(6-9)19-7-20-12/h3,5-6,8H,1,4,7H2,2H3,(H,16,17)/t8-/m0/s1. The summed E-state index contributed by atoms with van der Waals surface area (Å²) in [5, 5.41) is 2.79. The minimum absolute atomic E-state index is 0.0495. The molecular weight excluding hydrogens is 298 g/mol. The van der Waals surface area contributed by atoms with Crippen molar-refractivity contribution in [2.45, 2.75) is 13.0 Å². The van der Waals surface area contributed by atoms with Gasteiger partial charge in [0.15, 0.2) is 17.6 Å². The molecule has 0 aliphatic carbocycles. The Morgan fingerprint density at radius 2 is 2.29 bits per heavy atom. The maximum Gasteiger partial charge on any atom is 0.339 e. The van der Waals surface area contributed by atoms with Gasteiger partial charge in [-0.1, -0.05) is 17.7 Å². The Morgan fingerprint density at radius 3 is 3.00 bits per heavy atom. The molecule has 1 amide bonds. The normalized spacial score (nSPS) is 13.4. The first-order valence-electron chi connectivity index (χ1n) is 6.21. The van der Waals surface area contributed by atoms with Crippen LogP contribution in [0.2, 0.25) is 5.02 Å². The van der Waals surface area contributed by atoms with Crippen molar-refractivity contribution in [3.05, 3.63) is 35.4 Å². The van der Waals surface area contributed by atoms with Crippen molar-refractivity contribution in [3.8, 4) is 11.5 Å². The van der Waals surface area contributed by atoms with Crippen LogP contribution in [0.25, 0.3) is 0 Å². The Balaban J connectivity index is 2.05. The van der Waals surface area contributed by atoms with E-state index >= 15 is 0 Å². The smallest absolute Gasteiger partial charge is 0.339 e. The Bertz CT molecular complexity index is 587. The number of hydrogen-bond donors (Lipinski definition) is 1. The van der Waals surface area contributed by atoms with Gasteiger partial charge in [-0.05, 0) is 19.1 Å². The van der Waals surface area contributed by atoms with Gasteiger partial charge in [0.25, 0.3) is 5.91 Å². The van der Waals surface area contributed by atoms with E-state index in [0.717, 1.165) is 0 Å². The van der Waals surface area contributed by atoms with Gasteiger partial charge < -0.3 is 19.5 Å². The van der Waals surface area contributed by atoms with Crippen LogP contribution in [0.4, 0.5) is 0 Å². The molecule has 0 saturated carbocycles. The van der Waals surface area contributed by atoms with Gasteiger partial charge in [-0.2, -0.15) is 0 Å². The summed E-state index contributed by atoms with van der Waals surface area (Å²) in [7, 11) is 0. The largest absolute Gasteiger partial charge is 0.454 e. The number of halogens is 1. The molecule has 1 atom stereocenters. The molecular formula is C14H14ClNO5. The number of ether oxygens (including phenoxy) is 3. The Morgan fingerprint density at radius 1 is 1.52 bits per heavy atom. The molecule has 1 aliphatic heterocycles. The van der Waals surface area contributed by atoms with Gasteiger partial charge in [0.05, 0.1) is 10.6 Å². The van der Waals surface area contributed by atoms with Crippen LogP contribution in [0.1, 0.15) is 17.3 Å². The zero-order valence-corrected chi connectivity index (χ0v) is 12.1. The fraction of sp³-hybridized carbons (Fsp3) is 0.286. The van der Waals surface area contributed by atoms with Crippen LogP contribution in [-0.4, -0.2) is 31.3 Å². The van der Waals surface area contributed by atoms with Gasteiger partial charge in [0.1, 0.15) is 0 Å². The van der Waals surface area contributed by atoms with E-state index in [1.807, 2.05) is 0 Å². The highest BCUT2D eigenvalue weighted by atomic mass is 35.5. The fourth-order valence-electron chi connectivity index (χ4n) is 1.68. The van der Waals surface area contributed by atoms with Crippen LogP contribution in [0.5, 0.6) is 11.5 Å². The van der Waals surface area contributed by atoms with Crippen molar-refractivity contribution in [1.82, 2.24) is 5.32 Å². The lowest BCUT2D eigenvalue weighted by atomic mass is 10.2. The molecule has 0 spiro atoms. The Kier molecular flexibility index (Phi) is 4.70. The Labute approximate surface area is 126 Å². The highest BCUT2D eigenvalue weighted by molar-refractivity contribution is 6.32.